The Labute approximate surface area is 72.6 Å². The van der Waals surface area contributed by atoms with Crippen LogP contribution in [0, 0.1) is 5.41 Å². The smallest absolute Gasteiger partial charge is 0.140 e. The van der Waals surface area contributed by atoms with E-state index in [0.29, 0.717) is 5.78 Å². The molecule has 0 aromatic rings. The summed E-state index contributed by atoms with van der Waals surface area (Å²) in [5, 5.41) is 0. The van der Waals surface area contributed by atoms with Crippen LogP contribution in [-0.2, 0) is 9.53 Å². The first-order chi connectivity index (χ1) is 5.76. The van der Waals surface area contributed by atoms with Crippen LogP contribution in [0.4, 0.5) is 0 Å². The fourth-order valence-corrected chi connectivity index (χ4v) is 1.94. The zero-order valence-corrected chi connectivity index (χ0v) is 7.43. The molecule has 0 saturated heterocycles. The minimum atomic E-state index is -0.0829. The van der Waals surface area contributed by atoms with Gasteiger partial charge >= 0.3 is 0 Å². The number of hydrogen-bond donors (Lipinski definition) is 0. The van der Waals surface area contributed by atoms with Crippen molar-refractivity contribution in [3.05, 3.63) is 11.8 Å². The first-order valence-electron chi connectivity index (χ1n) is 4.58. The molecule has 2 aliphatic rings. The maximum absolute atomic E-state index is 11.3. The van der Waals surface area contributed by atoms with Crippen LogP contribution in [0.3, 0.4) is 0 Å². The van der Waals surface area contributed by atoms with Crippen LogP contribution in [-0.4, -0.2) is 12.4 Å². The van der Waals surface area contributed by atoms with E-state index in [2.05, 4.69) is 0 Å². The third-order valence-corrected chi connectivity index (χ3v) is 2.97. The number of allylic oxidation sites excluding steroid dienone is 1. The summed E-state index contributed by atoms with van der Waals surface area (Å²) in [6.45, 7) is 2.51. The van der Waals surface area contributed by atoms with E-state index in [4.69, 9.17) is 4.74 Å². The van der Waals surface area contributed by atoms with E-state index >= 15 is 0 Å². The van der Waals surface area contributed by atoms with Crippen molar-refractivity contribution in [2.45, 2.75) is 32.6 Å². The van der Waals surface area contributed by atoms with Crippen molar-refractivity contribution in [1.29, 1.82) is 0 Å². The van der Waals surface area contributed by atoms with Crippen molar-refractivity contribution in [1.82, 2.24) is 0 Å². The Hall–Kier alpha value is -0.790. The minimum Gasteiger partial charge on any atom is -0.501 e. The van der Waals surface area contributed by atoms with Gasteiger partial charge in [0.15, 0.2) is 0 Å². The Morgan fingerprint density at radius 2 is 2.33 bits per heavy atom. The Morgan fingerprint density at radius 1 is 1.58 bits per heavy atom. The van der Waals surface area contributed by atoms with Gasteiger partial charge in [-0.1, -0.05) is 0 Å². The summed E-state index contributed by atoms with van der Waals surface area (Å²) >= 11 is 0. The van der Waals surface area contributed by atoms with E-state index in [0.717, 1.165) is 32.3 Å². The largest absolute Gasteiger partial charge is 0.501 e. The molecule has 1 heterocycles. The van der Waals surface area contributed by atoms with Gasteiger partial charge in [-0.05, 0) is 38.2 Å². The van der Waals surface area contributed by atoms with E-state index in [-0.39, 0.29) is 5.41 Å². The molecule has 0 amide bonds. The second-order valence-corrected chi connectivity index (χ2v) is 3.76. The van der Waals surface area contributed by atoms with Crippen molar-refractivity contribution in [2.24, 2.45) is 5.41 Å². The second-order valence-electron chi connectivity index (χ2n) is 3.76. The average molecular weight is 166 g/mol. The highest BCUT2D eigenvalue weighted by atomic mass is 16.5. The Morgan fingerprint density at radius 3 is 2.75 bits per heavy atom. The van der Waals surface area contributed by atoms with Gasteiger partial charge in [0.25, 0.3) is 0 Å². The van der Waals surface area contributed by atoms with E-state index in [9.17, 15) is 4.79 Å². The average Bonchev–Trinajstić information content (AvgIpc) is 2.86. The fourth-order valence-electron chi connectivity index (χ4n) is 1.94. The predicted molar refractivity (Wildman–Crippen MR) is 45.6 cm³/mol. The molecule has 1 saturated carbocycles. The Bertz CT molecular complexity index is 236. The van der Waals surface area contributed by atoms with E-state index in [1.165, 1.54) is 5.57 Å². The number of rotatable bonds is 2. The zero-order valence-electron chi connectivity index (χ0n) is 7.43. The van der Waals surface area contributed by atoms with Gasteiger partial charge in [-0.25, -0.2) is 0 Å². The maximum Gasteiger partial charge on any atom is 0.140 e. The van der Waals surface area contributed by atoms with E-state index < -0.39 is 0 Å². The quantitative estimate of drug-likeness (QED) is 0.627. The third kappa shape index (κ3) is 1.06. The molecule has 12 heavy (non-hydrogen) atoms. The van der Waals surface area contributed by atoms with Crippen LogP contribution in [0.15, 0.2) is 11.8 Å². The van der Waals surface area contributed by atoms with E-state index in [1.54, 1.807) is 6.92 Å². The summed E-state index contributed by atoms with van der Waals surface area (Å²) in [6, 6.07) is 0. The van der Waals surface area contributed by atoms with Crippen molar-refractivity contribution >= 4 is 5.78 Å². The molecule has 2 nitrogen and oxygen atoms in total. The lowest BCUT2D eigenvalue weighted by Crippen LogP contribution is -2.17. The number of carbonyl (C=O) groups excluding carboxylic acids is 1. The van der Waals surface area contributed by atoms with Crippen LogP contribution < -0.4 is 0 Å². The van der Waals surface area contributed by atoms with Gasteiger partial charge in [-0.15, -0.1) is 0 Å². The first-order valence-corrected chi connectivity index (χ1v) is 4.58. The molecule has 66 valence electrons. The van der Waals surface area contributed by atoms with E-state index in [1.807, 2.05) is 6.26 Å². The lowest BCUT2D eigenvalue weighted by Gasteiger charge is -2.19. The molecule has 0 aromatic carbocycles. The molecule has 0 N–H and O–H groups in total. The summed E-state index contributed by atoms with van der Waals surface area (Å²) in [5.74, 6) is 0.319. The van der Waals surface area contributed by atoms with Gasteiger partial charge in [-0.3, -0.25) is 4.79 Å². The molecule has 2 heteroatoms. The summed E-state index contributed by atoms with van der Waals surface area (Å²) in [6.07, 6.45) is 6.02. The van der Waals surface area contributed by atoms with Gasteiger partial charge in [0.2, 0.25) is 0 Å². The van der Waals surface area contributed by atoms with Crippen LogP contribution in [0.2, 0.25) is 0 Å². The second kappa shape index (κ2) is 2.61. The molecule has 1 fully saturated rings. The third-order valence-electron chi connectivity index (χ3n) is 2.97. The molecule has 0 spiro atoms. The summed E-state index contributed by atoms with van der Waals surface area (Å²) in [5.41, 5.74) is 1.15. The molecule has 1 aliphatic heterocycles. The van der Waals surface area contributed by atoms with Gasteiger partial charge in [0.05, 0.1) is 18.3 Å². The summed E-state index contributed by atoms with van der Waals surface area (Å²) in [7, 11) is 0. The monoisotopic (exact) mass is 166 g/mol. The minimum absolute atomic E-state index is 0.0829. The van der Waals surface area contributed by atoms with Crippen LogP contribution in [0.1, 0.15) is 32.6 Å². The Balaban J connectivity index is 2.17. The van der Waals surface area contributed by atoms with Gasteiger partial charge in [0, 0.05) is 0 Å². The van der Waals surface area contributed by atoms with Gasteiger partial charge < -0.3 is 4.74 Å². The predicted octanol–water partition coefficient (Wildman–Crippen LogP) is 2.05. The SMILES string of the molecule is CC(=O)C1(C2=COCCC2)CC1. The van der Waals surface area contributed by atoms with Crippen molar-refractivity contribution in [2.75, 3.05) is 6.61 Å². The molecule has 2 rings (SSSR count). The molecular formula is C10H14O2. The summed E-state index contributed by atoms with van der Waals surface area (Å²) in [4.78, 5) is 11.3. The zero-order chi connectivity index (χ0) is 8.60. The standard InChI is InChI=1S/C10H14O2/c1-8(11)10(4-5-10)9-3-2-6-12-7-9/h7H,2-6H2,1H3. The normalized spacial score (nSPS) is 25.6. The first kappa shape index (κ1) is 7.84. The molecular weight excluding hydrogens is 152 g/mol. The number of hydrogen-bond acceptors (Lipinski definition) is 2. The maximum atomic E-state index is 11.3. The molecule has 1 aliphatic carbocycles. The molecule has 0 radical (unpaired) electrons. The van der Waals surface area contributed by atoms with Gasteiger partial charge in [-0.2, -0.15) is 0 Å². The van der Waals surface area contributed by atoms with Crippen molar-refractivity contribution in [3.63, 3.8) is 0 Å². The number of ether oxygens (including phenoxy) is 1. The highest BCUT2D eigenvalue weighted by Crippen LogP contribution is 2.54. The molecule has 0 unspecified atom stereocenters. The van der Waals surface area contributed by atoms with Crippen LogP contribution in [0.25, 0.3) is 0 Å². The number of ketones is 1. The lowest BCUT2D eigenvalue weighted by molar-refractivity contribution is -0.120. The topological polar surface area (TPSA) is 26.3 Å². The fraction of sp³-hybridized carbons (Fsp3) is 0.700. The number of carbonyl (C=O) groups is 1. The molecule has 0 bridgehead atoms. The summed E-state index contributed by atoms with van der Waals surface area (Å²) < 4.78 is 5.24. The Kier molecular flexibility index (Phi) is 1.71. The van der Waals surface area contributed by atoms with Gasteiger partial charge in [0.1, 0.15) is 5.78 Å². The molecule has 0 atom stereocenters. The molecule has 0 aromatic heterocycles. The van der Waals surface area contributed by atoms with Crippen LogP contribution >= 0.6 is 0 Å². The highest BCUT2D eigenvalue weighted by Gasteiger charge is 2.50. The van der Waals surface area contributed by atoms with Crippen molar-refractivity contribution in [3.8, 4) is 0 Å². The lowest BCUT2D eigenvalue weighted by atomic mass is 9.89. The van der Waals surface area contributed by atoms with Crippen molar-refractivity contribution < 1.29 is 9.53 Å². The van der Waals surface area contributed by atoms with Crippen LogP contribution in [0.5, 0.6) is 0 Å². The highest BCUT2D eigenvalue weighted by molar-refractivity contribution is 5.88. The number of Topliss-reactive ketones (excluding diaryl/α,β-unsaturated/α-hetero) is 1.